The minimum Gasteiger partial charge on any atom is -0.383 e. The Balaban J connectivity index is 2.52. The average molecular weight is 330 g/mol. The maximum Gasteiger partial charge on any atom is 0.245 e. The highest BCUT2D eigenvalue weighted by atomic mass is 32.2. The lowest BCUT2D eigenvalue weighted by atomic mass is 10.2. The first-order valence-corrected chi connectivity index (χ1v) is 8.44. The number of hydrogen-bond donors (Lipinski definition) is 0. The van der Waals surface area contributed by atoms with Gasteiger partial charge in [-0.25, -0.2) is 8.42 Å². The number of fused-ring (bicyclic) bond motifs is 1. The fraction of sp³-hybridized carbons (Fsp3) is 0.500. The third kappa shape index (κ3) is 3.00. The molecule has 2 rings (SSSR count). The Bertz CT molecular complexity index is 727. The third-order valence-electron chi connectivity index (χ3n) is 3.14. The van der Waals surface area contributed by atoms with Gasteiger partial charge in [0, 0.05) is 34.8 Å². The number of nitrogens with zero attached hydrogens (tertiary/aromatic N) is 4. The maximum atomic E-state index is 12.6. The highest BCUT2D eigenvalue weighted by Crippen LogP contribution is 2.30. The molecule has 0 radical (unpaired) electrons. The quantitative estimate of drug-likeness (QED) is 0.787. The molecule has 21 heavy (non-hydrogen) atoms. The van der Waals surface area contributed by atoms with Crippen molar-refractivity contribution in [1.82, 2.24) is 13.1 Å². The van der Waals surface area contributed by atoms with Gasteiger partial charge in [0.15, 0.2) is 0 Å². The van der Waals surface area contributed by atoms with Gasteiger partial charge in [-0.1, -0.05) is 0 Å². The van der Waals surface area contributed by atoms with E-state index in [0.717, 1.165) is 17.4 Å². The Morgan fingerprint density at radius 1 is 1.19 bits per heavy atom. The van der Waals surface area contributed by atoms with Gasteiger partial charge in [-0.05, 0) is 12.1 Å². The molecule has 0 N–H and O–H groups in total. The van der Waals surface area contributed by atoms with Crippen LogP contribution in [0, 0.1) is 0 Å². The molecular formula is C12H18N4O3S2. The standard InChI is InChI=1S/C12H18N4O3S2/c1-15(2)9-5-6-10(12-11(9)13-20-14-12)21(17,18)16(3)7-8-19-4/h5-6H,7-8H2,1-4H3. The average Bonchev–Trinajstić information content (AvgIpc) is 2.92. The van der Waals surface area contributed by atoms with Crippen LogP contribution in [0.3, 0.4) is 0 Å². The molecule has 2 aromatic rings. The minimum absolute atomic E-state index is 0.176. The smallest absolute Gasteiger partial charge is 0.245 e. The molecule has 0 atom stereocenters. The molecule has 116 valence electrons. The minimum atomic E-state index is -3.61. The van der Waals surface area contributed by atoms with Crippen LogP contribution in [0.5, 0.6) is 0 Å². The molecule has 0 bridgehead atoms. The molecule has 9 heteroatoms. The lowest BCUT2D eigenvalue weighted by Gasteiger charge is -2.18. The van der Waals surface area contributed by atoms with Crippen molar-refractivity contribution in [2.75, 3.05) is 46.3 Å². The molecule has 7 nitrogen and oxygen atoms in total. The third-order valence-corrected chi connectivity index (χ3v) is 5.55. The molecule has 1 aromatic heterocycles. The van der Waals surface area contributed by atoms with Crippen LogP contribution in [0.25, 0.3) is 11.0 Å². The van der Waals surface area contributed by atoms with Crippen molar-refractivity contribution in [3.8, 4) is 0 Å². The van der Waals surface area contributed by atoms with Crippen LogP contribution in [0.4, 0.5) is 5.69 Å². The molecule has 0 spiro atoms. The van der Waals surface area contributed by atoms with E-state index in [1.807, 2.05) is 19.0 Å². The van der Waals surface area contributed by atoms with Gasteiger partial charge < -0.3 is 9.64 Å². The van der Waals surface area contributed by atoms with Crippen LogP contribution in [-0.4, -0.2) is 62.9 Å². The SMILES string of the molecule is COCCN(C)S(=O)(=O)c1ccc(N(C)C)c2nsnc12. The van der Waals surface area contributed by atoms with Crippen molar-refractivity contribution in [2.45, 2.75) is 4.90 Å². The van der Waals surface area contributed by atoms with Crippen molar-refractivity contribution >= 4 is 38.5 Å². The van der Waals surface area contributed by atoms with E-state index in [1.165, 1.54) is 18.5 Å². The summed E-state index contributed by atoms with van der Waals surface area (Å²) < 4.78 is 39.8. The Morgan fingerprint density at radius 3 is 2.48 bits per heavy atom. The number of benzene rings is 1. The summed E-state index contributed by atoms with van der Waals surface area (Å²) in [6, 6.07) is 3.33. The van der Waals surface area contributed by atoms with Crippen molar-refractivity contribution < 1.29 is 13.2 Å². The van der Waals surface area contributed by atoms with Gasteiger partial charge in [0.2, 0.25) is 10.0 Å². The predicted octanol–water partition coefficient (Wildman–Crippen LogP) is 1.02. The molecule has 1 heterocycles. The van der Waals surface area contributed by atoms with Crippen LogP contribution in [0.2, 0.25) is 0 Å². The maximum absolute atomic E-state index is 12.6. The normalized spacial score (nSPS) is 12.2. The molecule has 0 unspecified atom stereocenters. The first-order chi connectivity index (χ1) is 9.89. The summed E-state index contributed by atoms with van der Waals surface area (Å²) in [5.41, 5.74) is 1.86. The Morgan fingerprint density at radius 2 is 1.86 bits per heavy atom. The zero-order valence-corrected chi connectivity index (χ0v) is 14.0. The fourth-order valence-electron chi connectivity index (χ4n) is 1.91. The number of sulfonamides is 1. The van der Waals surface area contributed by atoms with Gasteiger partial charge in [0.25, 0.3) is 0 Å². The topological polar surface area (TPSA) is 75.6 Å². The van der Waals surface area contributed by atoms with Gasteiger partial charge in [0.05, 0.1) is 24.0 Å². The summed E-state index contributed by atoms with van der Waals surface area (Å²) in [5.74, 6) is 0. The van der Waals surface area contributed by atoms with Crippen LogP contribution >= 0.6 is 11.7 Å². The number of likely N-dealkylation sites (N-methyl/N-ethyl adjacent to an activating group) is 1. The Hall–Kier alpha value is -1.29. The van der Waals surface area contributed by atoms with Crippen LogP contribution in [-0.2, 0) is 14.8 Å². The lowest BCUT2D eigenvalue weighted by molar-refractivity contribution is 0.185. The monoisotopic (exact) mass is 330 g/mol. The molecular weight excluding hydrogens is 312 g/mol. The van der Waals surface area contributed by atoms with Crippen LogP contribution in [0.1, 0.15) is 0 Å². The van der Waals surface area contributed by atoms with Crippen molar-refractivity contribution in [3.63, 3.8) is 0 Å². The molecule has 0 aliphatic heterocycles. The fourth-order valence-corrected chi connectivity index (χ4v) is 3.81. The summed E-state index contributed by atoms with van der Waals surface area (Å²) in [4.78, 5) is 2.06. The summed E-state index contributed by atoms with van der Waals surface area (Å²) >= 11 is 1.01. The molecule has 0 aliphatic rings. The van der Waals surface area contributed by atoms with Gasteiger partial charge in [-0.2, -0.15) is 13.1 Å². The molecule has 0 fully saturated rings. The van der Waals surface area contributed by atoms with Gasteiger partial charge in [0.1, 0.15) is 15.9 Å². The summed E-state index contributed by atoms with van der Waals surface area (Å²) in [6.45, 7) is 0.622. The van der Waals surface area contributed by atoms with Gasteiger partial charge in [-0.3, -0.25) is 0 Å². The Kier molecular flexibility index (Phi) is 4.77. The number of hydrogen-bond acceptors (Lipinski definition) is 7. The Labute approximate surface area is 128 Å². The summed E-state index contributed by atoms with van der Waals surface area (Å²) in [5, 5.41) is 0. The van der Waals surface area contributed by atoms with Crippen molar-refractivity contribution in [2.24, 2.45) is 0 Å². The highest BCUT2D eigenvalue weighted by Gasteiger charge is 2.25. The van der Waals surface area contributed by atoms with E-state index in [9.17, 15) is 8.42 Å². The number of aromatic nitrogens is 2. The van der Waals surface area contributed by atoms with Crippen molar-refractivity contribution in [1.29, 1.82) is 0 Å². The summed E-state index contributed by atoms with van der Waals surface area (Å²) in [6.07, 6.45) is 0. The van der Waals surface area contributed by atoms with E-state index >= 15 is 0 Å². The zero-order chi connectivity index (χ0) is 15.6. The van der Waals surface area contributed by atoms with E-state index in [0.29, 0.717) is 17.6 Å². The summed E-state index contributed by atoms with van der Waals surface area (Å²) in [7, 11) is 3.22. The number of methoxy groups -OCH3 is 1. The number of ether oxygens (including phenoxy) is 1. The second kappa shape index (κ2) is 6.22. The first kappa shape index (κ1) is 16.1. The second-order valence-electron chi connectivity index (χ2n) is 4.76. The molecule has 0 saturated carbocycles. The second-order valence-corrected chi connectivity index (χ2v) is 7.30. The van der Waals surface area contributed by atoms with E-state index in [1.54, 1.807) is 12.1 Å². The molecule has 0 saturated heterocycles. The largest absolute Gasteiger partial charge is 0.383 e. The van der Waals surface area contributed by atoms with Gasteiger partial charge in [-0.15, -0.1) is 0 Å². The van der Waals surface area contributed by atoms with E-state index in [4.69, 9.17) is 4.74 Å². The van der Waals surface area contributed by atoms with Crippen LogP contribution < -0.4 is 4.90 Å². The van der Waals surface area contributed by atoms with Crippen molar-refractivity contribution in [3.05, 3.63) is 12.1 Å². The van der Waals surface area contributed by atoms with E-state index in [-0.39, 0.29) is 11.4 Å². The van der Waals surface area contributed by atoms with E-state index < -0.39 is 10.0 Å². The van der Waals surface area contributed by atoms with Crippen LogP contribution in [0.15, 0.2) is 17.0 Å². The molecule has 0 amide bonds. The highest BCUT2D eigenvalue weighted by molar-refractivity contribution is 7.89. The molecule has 0 aliphatic carbocycles. The predicted molar refractivity (Wildman–Crippen MR) is 83.4 cm³/mol. The van der Waals surface area contributed by atoms with E-state index in [2.05, 4.69) is 8.75 Å². The molecule has 1 aromatic carbocycles. The zero-order valence-electron chi connectivity index (χ0n) is 12.4. The lowest BCUT2D eigenvalue weighted by Crippen LogP contribution is -2.30. The number of anilines is 1. The van der Waals surface area contributed by atoms with Gasteiger partial charge >= 0.3 is 0 Å². The first-order valence-electron chi connectivity index (χ1n) is 6.27. The number of rotatable bonds is 6.